The van der Waals surface area contributed by atoms with Gasteiger partial charge in [-0.3, -0.25) is 14.2 Å². The third-order valence-corrected chi connectivity index (χ3v) is 6.84. The molecule has 0 spiro atoms. The van der Waals surface area contributed by atoms with E-state index in [1.807, 2.05) is 37.3 Å². The van der Waals surface area contributed by atoms with Crippen LogP contribution in [0, 0.1) is 11.6 Å². The molecule has 0 aliphatic heterocycles. The van der Waals surface area contributed by atoms with Crippen molar-refractivity contribution in [3.63, 3.8) is 0 Å². The number of hydrogen-bond acceptors (Lipinski definition) is 3. The van der Waals surface area contributed by atoms with Gasteiger partial charge in [0.2, 0.25) is 0 Å². The zero-order valence-corrected chi connectivity index (χ0v) is 21.8. The quantitative estimate of drug-likeness (QED) is 0.220. The van der Waals surface area contributed by atoms with Crippen molar-refractivity contribution in [2.75, 3.05) is 0 Å². The monoisotopic (exact) mass is 543 g/mol. The van der Waals surface area contributed by atoms with E-state index in [0.29, 0.717) is 23.0 Å². The molecule has 1 aromatic heterocycles. The number of amides is 1. The minimum absolute atomic E-state index is 0.150. The Labute approximate surface area is 228 Å². The summed E-state index contributed by atoms with van der Waals surface area (Å²) in [5.41, 5.74) is 1.41. The molecule has 0 aliphatic carbocycles. The van der Waals surface area contributed by atoms with Crippen LogP contribution in [0.4, 0.5) is 8.78 Å². The number of nitrogens with zero attached hydrogens (tertiary/aromatic N) is 3. The van der Waals surface area contributed by atoms with Gasteiger partial charge in [-0.15, -0.1) is 0 Å². The van der Waals surface area contributed by atoms with Gasteiger partial charge >= 0.3 is 0 Å². The molecule has 0 N–H and O–H groups in total. The number of rotatable bonds is 7. The van der Waals surface area contributed by atoms with Gasteiger partial charge in [0.1, 0.15) is 17.5 Å². The van der Waals surface area contributed by atoms with Crippen LogP contribution in [0.3, 0.4) is 0 Å². The summed E-state index contributed by atoms with van der Waals surface area (Å²) in [6.45, 7) is 2.06. The summed E-state index contributed by atoms with van der Waals surface area (Å²) in [6.07, 6.45) is 0.383. The topological polar surface area (TPSA) is 55.2 Å². The molecule has 0 saturated carbocycles. The first-order valence-electron chi connectivity index (χ1n) is 12.4. The lowest BCUT2D eigenvalue weighted by molar-refractivity contribution is 0.0640. The minimum atomic E-state index is -0.706. The van der Waals surface area contributed by atoms with Crippen LogP contribution in [0.15, 0.2) is 102 Å². The zero-order valence-electron chi connectivity index (χ0n) is 21.0. The summed E-state index contributed by atoms with van der Waals surface area (Å²) >= 11 is 6.10. The predicted octanol–water partition coefficient (Wildman–Crippen LogP) is 7.11. The second-order valence-corrected chi connectivity index (χ2v) is 9.49. The van der Waals surface area contributed by atoms with Crippen molar-refractivity contribution in [1.82, 2.24) is 14.5 Å². The average Bonchev–Trinajstić information content (AvgIpc) is 2.95. The van der Waals surface area contributed by atoms with Gasteiger partial charge in [-0.25, -0.2) is 13.8 Å². The molecule has 39 heavy (non-hydrogen) atoms. The van der Waals surface area contributed by atoms with Crippen LogP contribution in [-0.4, -0.2) is 20.4 Å². The third-order valence-electron chi connectivity index (χ3n) is 6.55. The predicted molar refractivity (Wildman–Crippen MR) is 148 cm³/mol. The van der Waals surface area contributed by atoms with E-state index in [-0.39, 0.29) is 28.5 Å². The van der Waals surface area contributed by atoms with Gasteiger partial charge in [-0.1, -0.05) is 67.1 Å². The maximum Gasteiger partial charge on any atom is 0.266 e. The summed E-state index contributed by atoms with van der Waals surface area (Å²) in [4.78, 5) is 34.2. The van der Waals surface area contributed by atoms with Crippen molar-refractivity contribution in [1.29, 1.82) is 0 Å². The lowest BCUT2D eigenvalue weighted by Gasteiger charge is -2.32. The van der Waals surface area contributed by atoms with E-state index < -0.39 is 23.6 Å². The van der Waals surface area contributed by atoms with Gasteiger partial charge in [0.15, 0.2) is 0 Å². The Balaban J connectivity index is 1.75. The molecule has 1 atom stereocenters. The van der Waals surface area contributed by atoms with E-state index in [2.05, 4.69) is 0 Å². The molecule has 0 bridgehead atoms. The van der Waals surface area contributed by atoms with Gasteiger partial charge in [0, 0.05) is 12.1 Å². The van der Waals surface area contributed by atoms with E-state index in [0.717, 1.165) is 5.56 Å². The van der Waals surface area contributed by atoms with Gasteiger partial charge in [-0.2, -0.15) is 0 Å². The first-order valence-corrected chi connectivity index (χ1v) is 12.8. The van der Waals surface area contributed by atoms with E-state index >= 15 is 0 Å². The molecule has 196 valence electrons. The molecule has 1 heterocycles. The van der Waals surface area contributed by atoms with E-state index in [9.17, 15) is 18.4 Å². The van der Waals surface area contributed by atoms with Crippen LogP contribution in [-0.2, 0) is 6.54 Å². The Morgan fingerprint density at radius 3 is 2.41 bits per heavy atom. The van der Waals surface area contributed by atoms with E-state index in [4.69, 9.17) is 16.6 Å². The molecule has 5 aromatic rings. The summed E-state index contributed by atoms with van der Waals surface area (Å²) in [5.74, 6) is -1.29. The largest absolute Gasteiger partial charge is 0.324 e. The highest BCUT2D eigenvalue weighted by Crippen LogP contribution is 2.30. The summed E-state index contributed by atoms with van der Waals surface area (Å²) in [5, 5.41) is 0.214. The number of benzene rings is 4. The molecule has 4 aromatic carbocycles. The first-order chi connectivity index (χ1) is 18.9. The highest BCUT2D eigenvalue weighted by Gasteiger charge is 2.30. The maximum absolute atomic E-state index is 14.1. The highest BCUT2D eigenvalue weighted by molar-refractivity contribution is 6.30. The second-order valence-electron chi connectivity index (χ2n) is 9.08. The normalized spacial score (nSPS) is 11.9. The van der Waals surface area contributed by atoms with Crippen LogP contribution in [0.1, 0.15) is 41.1 Å². The molecule has 8 heteroatoms. The van der Waals surface area contributed by atoms with Gasteiger partial charge in [-0.05, 0) is 60.5 Å². The summed E-state index contributed by atoms with van der Waals surface area (Å²) in [6, 6.07) is 25.1. The number of carbonyl (C=O) groups excluding carboxylic acids is 1. The molecule has 0 aliphatic rings. The number of aromatic nitrogens is 2. The minimum Gasteiger partial charge on any atom is -0.324 e. The zero-order chi connectivity index (χ0) is 27.5. The lowest BCUT2D eigenvalue weighted by Crippen LogP contribution is -2.38. The van der Waals surface area contributed by atoms with Gasteiger partial charge in [0.05, 0.1) is 27.7 Å². The fourth-order valence-corrected chi connectivity index (χ4v) is 4.86. The number of hydrogen-bond donors (Lipinski definition) is 0. The Morgan fingerprint density at radius 2 is 1.69 bits per heavy atom. The third kappa shape index (κ3) is 5.31. The Bertz CT molecular complexity index is 1720. The Morgan fingerprint density at radius 1 is 0.949 bits per heavy atom. The molecule has 0 radical (unpaired) electrons. The summed E-state index contributed by atoms with van der Waals surface area (Å²) in [7, 11) is 0. The number of carbonyl (C=O) groups is 1. The summed E-state index contributed by atoms with van der Waals surface area (Å²) < 4.78 is 29.6. The van der Waals surface area contributed by atoms with E-state index in [1.165, 1.54) is 41.0 Å². The van der Waals surface area contributed by atoms with Crippen LogP contribution in [0.2, 0.25) is 5.02 Å². The molecule has 0 fully saturated rings. The van der Waals surface area contributed by atoms with E-state index in [1.54, 1.807) is 35.2 Å². The number of halogens is 3. The SMILES string of the molecule is CCC(c1nc2ccccc2c(=O)n1-c1ccc(F)c(Cl)c1)N(Cc1ccccc1)C(=O)c1cccc(F)c1. The molecule has 5 nitrogen and oxygen atoms in total. The fourth-order valence-electron chi connectivity index (χ4n) is 4.68. The van der Waals surface area contributed by atoms with Crippen molar-refractivity contribution in [3.8, 4) is 5.69 Å². The van der Waals surface area contributed by atoms with Crippen LogP contribution < -0.4 is 5.56 Å². The molecular formula is C31H24ClF2N3O2. The number of fused-ring (bicyclic) bond motifs is 1. The maximum atomic E-state index is 14.1. The molecular weight excluding hydrogens is 520 g/mol. The molecule has 1 unspecified atom stereocenters. The van der Waals surface area contributed by atoms with Crippen LogP contribution in [0.5, 0.6) is 0 Å². The Hall–Kier alpha value is -4.36. The van der Waals surface area contributed by atoms with Crippen molar-refractivity contribution in [2.24, 2.45) is 0 Å². The molecule has 0 saturated heterocycles. The first kappa shape index (κ1) is 26.3. The van der Waals surface area contributed by atoms with Crippen molar-refractivity contribution >= 4 is 28.4 Å². The smallest absolute Gasteiger partial charge is 0.266 e. The van der Waals surface area contributed by atoms with Crippen LogP contribution in [0.25, 0.3) is 16.6 Å². The lowest BCUT2D eigenvalue weighted by atomic mass is 10.1. The fraction of sp³-hybridized carbons (Fsp3) is 0.129. The standard InChI is InChI=1S/C31H24ClF2N3O2/c1-2-28(36(19-20-9-4-3-5-10-20)30(38)21-11-8-12-22(33)17-21)29-35-27-14-7-6-13-24(27)31(39)37(29)23-15-16-26(34)25(32)18-23/h3-18,28H,2,19H2,1H3. The Kier molecular flexibility index (Phi) is 7.52. The number of para-hydroxylation sites is 1. The highest BCUT2D eigenvalue weighted by atomic mass is 35.5. The van der Waals surface area contributed by atoms with Crippen molar-refractivity contribution in [3.05, 3.63) is 141 Å². The van der Waals surface area contributed by atoms with Gasteiger partial charge < -0.3 is 4.90 Å². The van der Waals surface area contributed by atoms with Crippen LogP contribution >= 0.6 is 11.6 Å². The molecule has 5 rings (SSSR count). The van der Waals surface area contributed by atoms with Gasteiger partial charge in [0.25, 0.3) is 11.5 Å². The van der Waals surface area contributed by atoms with Crippen molar-refractivity contribution < 1.29 is 13.6 Å². The second kappa shape index (κ2) is 11.2. The molecule has 1 amide bonds. The van der Waals surface area contributed by atoms with Crippen molar-refractivity contribution in [2.45, 2.75) is 25.9 Å². The average molecular weight is 544 g/mol.